The summed E-state index contributed by atoms with van der Waals surface area (Å²) in [5.74, 6) is -0.240. The summed E-state index contributed by atoms with van der Waals surface area (Å²) in [6.45, 7) is 7.81. The van der Waals surface area contributed by atoms with E-state index in [0.717, 1.165) is 79.6 Å². The van der Waals surface area contributed by atoms with Crippen LogP contribution in [0.1, 0.15) is 41.0 Å². The molecule has 2 saturated heterocycles. The van der Waals surface area contributed by atoms with Gasteiger partial charge in [-0.3, -0.25) is 24.4 Å². The van der Waals surface area contributed by atoms with E-state index >= 15 is 0 Å². The number of thiazole rings is 1. The van der Waals surface area contributed by atoms with Crippen molar-refractivity contribution in [3.63, 3.8) is 0 Å². The van der Waals surface area contributed by atoms with Crippen molar-refractivity contribution in [2.24, 2.45) is 5.92 Å². The van der Waals surface area contributed by atoms with Gasteiger partial charge in [0.2, 0.25) is 5.91 Å². The minimum atomic E-state index is -0.728. The van der Waals surface area contributed by atoms with E-state index in [4.69, 9.17) is 21.6 Å². The van der Waals surface area contributed by atoms with Gasteiger partial charge in [-0.2, -0.15) is 0 Å². The van der Waals surface area contributed by atoms with Crippen LogP contribution >= 0.6 is 22.9 Å². The van der Waals surface area contributed by atoms with E-state index in [2.05, 4.69) is 45.2 Å². The van der Waals surface area contributed by atoms with Crippen LogP contribution in [0.4, 0.5) is 11.5 Å². The van der Waals surface area contributed by atoms with Crippen LogP contribution in [0.15, 0.2) is 60.9 Å². The Bertz CT molecular complexity index is 2090. The van der Waals surface area contributed by atoms with E-state index in [1.54, 1.807) is 17.5 Å². The Hall–Kier alpha value is -4.42. The first-order valence-electron chi connectivity index (χ1n) is 17.1. The fourth-order valence-electron chi connectivity index (χ4n) is 7.41. The molecule has 0 unspecified atom stereocenters. The Morgan fingerprint density at radius 1 is 1.00 bits per heavy atom. The molecule has 3 aliphatic heterocycles. The van der Waals surface area contributed by atoms with Crippen molar-refractivity contribution in [2.45, 2.75) is 45.8 Å². The second-order valence-corrected chi connectivity index (χ2v) is 15.0. The monoisotopic (exact) mass is 707 g/mol. The van der Waals surface area contributed by atoms with Crippen molar-refractivity contribution in [1.82, 2.24) is 29.7 Å². The molecule has 0 bridgehead atoms. The number of carboxylic acid groups (broad SMARTS) is 1. The van der Waals surface area contributed by atoms with Crippen LogP contribution in [0.3, 0.4) is 0 Å². The number of amides is 1. The maximum Gasteiger partial charge on any atom is 0.307 e. The molecule has 1 atom stereocenters. The van der Waals surface area contributed by atoms with Gasteiger partial charge in [-0.25, -0.2) is 9.97 Å². The number of likely N-dealkylation sites (tertiary alicyclic amines) is 2. The number of hydrogen-bond donors (Lipinski definition) is 2. The van der Waals surface area contributed by atoms with Crippen LogP contribution in [0.25, 0.3) is 32.6 Å². The topological polar surface area (TPSA) is 115 Å². The molecular formula is C38H38ClN7O3S. The zero-order chi connectivity index (χ0) is 34.4. The number of carbonyl (C=O) groups excluding carboxylic acids is 1. The van der Waals surface area contributed by atoms with Crippen molar-refractivity contribution >= 4 is 57.2 Å². The number of anilines is 2. The molecule has 10 nitrogen and oxygen atoms in total. The van der Waals surface area contributed by atoms with Gasteiger partial charge < -0.3 is 15.3 Å². The number of nitrogens with one attached hydrogen (secondary N) is 1. The van der Waals surface area contributed by atoms with Crippen LogP contribution < -0.4 is 5.32 Å². The van der Waals surface area contributed by atoms with E-state index in [1.165, 1.54) is 12.8 Å². The fourth-order valence-corrected chi connectivity index (χ4v) is 8.85. The number of aliphatic carboxylic acids is 1. The molecule has 0 radical (unpaired) electrons. The van der Waals surface area contributed by atoms with Gasteiger partial charge in [0.05, 0.1) is 42.0 Å². The number of hydrogen-bond acceptors (Lipinski definition) is 9. The van der Waals surface area contributed by atoms with Gasteiger partial charge in [0.25, 0.3) is 0 Å². The molecule has 12 heteroatoms. The lowest BCUT2D eigenvalue weighted by Gasteiger charge is -2.20. The average Bonchev–Trinajstić information content (AvgIpc) is 3.92. The van der Waals surface area contributed by atoms with Crippen LogP contribution in [-0.2, 0) is 29.2 Å². The van der Waals surface area contributed by atoms with Crippen molar-refractivity contribution < 1.29 is 14.7 Å². The van der Waals surface area contributed by atoms with Gasteiger partial charge in [0, 0.05) is 46.9 Å². The molecule has 1 amide bonds. The van der Waals surface area contributed by atoms with Crippen molar-refractivity contribution in [3.8, 4) is 21.7 Å². The summed E-state index contributed by atoms with van der Waals surface area (Å²) in [4.78, 5) is 46.2. The summed E-state index contributed by atoms with van der Waals surface area (Å²) in [5, 5.41) is 15.3. The summed E-state index contributed by atoms with van der Waals surface area (Å²) in [7, 11) is 0. The van der Waals surface area contributed by atoms with Crippen molar-refractivity contribution in [1.29, 1.82) is 0 Å². The highest BCUT2D eigenvalue weighted by atomic mass is 35.5. The highest BCUT2D eigenvalue weighted by Crippen LogP contribution is 2.41. The molecule has 3 aromatic heterocycles. The van der Waals surface area contributed by atoms with E-state index in [1.807, 2.05) is 41.4 Å². The third-order valence-electron chi connectivity index (χ3n) is 10.2. The summed E-state index contributed by atoms with van der Waals surface area (Å²) >= 11 is 8.80. The summed E-state index contributed by atoms with van der Waals surface area (Å²) in [5.41, 5.74) is 7.57. The SMILES string of the molecule is Cc1c(-c2nc3c(s2)CN(C(=O)CN2CCCC2)C3)cccc1-c1cccc(Nc2nccc3cc(CN4CC[C@@H](C(=O)O)C4)cnc23)c1Cl. The third kappa shape index (κ3) is 6.46. The molecule has 6 heterocycles. The molecule has 2 aromatic carbocycles. The maximum absolute atomic E-state index is 12.9. The van der Waals surface area contributed by atoms with Gasteiger partial charge in [-0.15, -0.1) is 11.3 Å². The lowest BCUT2D eigenvalue weighted by molar-refractivity contribution is -0.141. The molecule has 2 fully saturated rings. The van der Waals surface area contributed by atoms with Crippen molar-refractivity contribution in [2.75, 3.05) is 38.0 Å². The Morgan fingerprint density at radius 2 is 1.80 bits per heavy atom. The first kappa shape index (κ1) is 32.8. The van der Waals surface area contributed by atoms with Gasteiger partial charge in [0.1, 0.15) is 10.5 Å². The van der Waals surface area contributed by atoms with Gasteiger partial charge in [-0.05, 0) is 80.7 Å². The molecule has 50 heavy (non-hydrogen) atoms. The maximum atomic E-state index is 12.9. The van der Waals surface area contributed by atoms with Gasteiger partial charge in [-0.1, -0.05) is 41.9 Å². The molecule has 5 aromatic rings. The largest absolute Gasteiger partial charge is 0.481 e. The average molecular weight is 708 g/mol. The zero-order valence-electron chi connectivity index (χ0n) is 27.9. The van der Waals surface area contributed by atoms with E-state index in [0.29, 0.717) is 50.0 Å². The lowest BCUT2D eigenvalue weighted by Crippen LogP contribution is -2.36. The van der Waals surface area contributed by atoms with Crippen LogP contribution in [0, 0.1) is 12.8 Å². The van der Waals surface area contributed by atoms with Crippen LogP contribution in [-0.4, -0.2) is 79.4 Å². The molecule has 0 saturated carbocycles. The number of nitrogens with zero attached hydrogens (tertiary/aromatic N) is 6. The van der Waals surface area contributed by atoms with Crippen LogP contribution in [0.5, 0.6) is 0 Å². The van der Waals surface area contributed by atoms with Crippen molar-refractivity contribution in [3.05, 3.63) is 87.6 Å². The number of pyridine rings is 2. The predicted molar refractivity (Wildman–Crippen MR) is 197 cm³/mol. The third-order valence-corrected chi connectivity index (χ3v) is 11.7. The zero-order valence-corrected chi connectivity index (χ0v) is 29.4. The number of rotatable bonds is 9. The van der Waals surface area contributed by atoms with E-state index in [-0.39, 0.29) is 11.8 Å². The smallest absolute Gasteiger partial charge is 0.307 e. The quantitative estimate of drug-likeness (QED) is 0.168. The summed E-state index contributed by atoms with van der Waals surface area (Å²) < 4.78 is 0. The number of carboxylic acids is 1. The Labute approximate surface area is 299 Å². The Balaban J connectivity index is 0.999. The Morgan fingerprint density at radius 3 is 2.60 bits per heavy atom. The molecule has 2 N–H and O–H groups in total. The standard InChI is InChI=1S/C38H38ClN7O3S/c1-23-27(6-4-7-28(23)37-43-31-20-46(21-32(31)50-37)33(47)22-44-13-2-3-14-44)29-8-5-9-30(34(29)39)42-36-35-25(10-12-40-36)16-24(17-41-35)18-45-15-11-26(19-45)38(48)49/h4-10,12,16-17,26H,2-3,11,13-15,18-22H2,1H3,(H,40,42)(H,48,49)/t26-/m1/s1. The number of aromatic nitrogens is 3. The first-order valence-corrected chi connectivity index (χ1v) is 18.3. The number of benzene rings is 2. The number of halogens is 1. The summed E-state index contributed by atoms with van der Waals surface area (Å²) in [6.07, 6.45) is 6.62. The van der Waals surface area contributed by atoms with Crippen LogP contribution in [0.2, 0.25) is 5.02 Å². The second kappa shape index (κ2) is 13.7. The second-order valence-electron chi connectivity index (χ2n) is 13.5. The van der Waals surface area contributed by atoms with E-state index < -0.39 is 5.97 Å². The molecule has 8 rings (SSSR count). The highest BCUT2D eigenvalue weighted by Gasteiger charge is 2.30. The minimum absolute atomic E-state index is 0.189. The Kier molecular flexibility index (Phi) is 8.99. The fraction of sp³-hybridized carbons (Fsp3) is 0.342. The molecule has 0 aliphatic carbocycles. The molecular weight excluding hydrogens is 670 g/mol. The molecule has 0 spiro atoms. The minimum Gasteiger partial charge on any atom is -0.481 e. The van der Waals surface area contributed by atoms with Gasteiger partial charge in [0.15, 0.2) is 5.82 Å². The highest BCUT2D eigenvalue weighted by molar-refractivity contribution is 7.15. The lowest BCUT2D eigenvalue weighted by atomic mass is 9.96. The summed E-state index contributed by atoms with van der Waals surface area (Å²) in [6, 6.07) is 16.2. The molecule has 3 aliphatic rings. The predicted octanol–water partition coefficient (Wildman–Crippen LogP) is 6.97. The normalized spacial score (nSPS) is 17.9. The number of carbonyl (C=O) groups is 2. The first-order chi connectivity index (χ1) is 24.3. The number of fused-ring (bicyclic) bond motifs is 2. The molecule has 256 valence electrons. The van der Waals surface area contributed by atoms with Gasteiger partial charge >= 0.3 is 5.97 Å². The van der Waals surface area contributed by atoms with E-state index in [9.17, 15) is 14.7 Å².